The highest BCUT2D eigenvalue weighted by Crippen LogP contribution is 2.29. The van der Waals surface area contributed by atoms with Crippen molar-refractivity contribution in [3.05, 3.63) is 39.4 Å². The number of rotatable bonds is 1. The Balaban J connectivity index is 1.76. The van der Waals surface area contributed by atoms with Crippen molar-refractivity contribution >= 4 is 10.9 Å². The van der Waals surface area contributed by atoms with E-state index in [1.807, 2.05) is 13.0 Å². The summed E-state index contributed by atoms with van der Waals surface area (Å²) < 4.78 is 5.47. The number of hydrogen-bond donors (Lipinski definition) is 1. The van der Waals surface area contributed by atoms with Crippen LogP contribution in [-0.4, -0.2) is 34.1 Å². The maximum atomic E-state index is 12.0. The van der Waals surface area contributed by atoms with Crippen LogP contribution in [-0.2, 0) is 17.8 Å². The lowest BCUT2D eigenvalue weighted by atomic mass is 10.1. The first-order valence-corrected chi connectivity index (χ1v) is 7.05. The Labute approximate surface area is 116 Å². The zero-order valence-electron chi connectivity index (χ0n) is 11.5. The monoisotopic (exact) mass is 271 g/mol. The van der Waals surface area contributed by atoms with E-state index in [0.717, 1.165) is 38.2 Å². The summed E-state index contributed by atoms with van der Waals surface area (Å²) in [6, 6.07) is 4.59. The van der Waals surface area contributed by atoms with E-state index in [4.69, 9.17) is 4.74 Å². The van der Waals surface area contributed by atoms with Gasteiger partial charge in [-0.2, -0.15) is 0 Å². The maximum absolute atomic E-state index is 12.0. The first kappa shape index (κ1) is 12.1. The molecule has 0 radical (unpaired) electrons. The highest BCUT2D eigenvalue weighted by atomic mass is 16.5. The van der Waals surface area contributed by atoms with Crippen molar-refractivity contribution in [1.29, 1.82) is 0 Å². The number of nitrogens with zero attached hydrogens (tertiary/aromatic N) is 2. The lowest BCUT2D eigenvalue weighted by Crippen LogP contribution is -2.30. The smallest absolute Gasteiger partial charge is 0.258 e. The van der Waals surface area contributed by atoms with Gasteiger partial charge in [-0.05, 0) is 36.6 Å². The van der Waals surface area contributed by atoms with Crippen molar-refractivity contribution < 1.29 is 4.74 Å². The van der Waals surface area contributed by atoms with Gasteiger partial charge in [-0.25, -0.2) is 4.98 Å². The van der Waals surface area contributed by atoms with Crippen molar-refractivity contribution in [2.24, 2.45) is 0 Å². The Hall–Kier alpha value is -1.72. The van der Waals surface area contributed by atoms with Gasteiger partial charge in [0.2, 0.25) is 0 Å². The van der Waals surface area contributed by atoms with E-state index >= 15 is 0 Å². The molecule has 104 valence electrons. The molecule has 5 nitrogen and oxygen atoms in total. The minimum Gasteiger partial charge on any atom is -0.380 e. The first-order chi connectivity index (χ1) is 9.70. The molecule has 1 aromatic carbocycles. The van der Waals surface area contributed by atoms with Gasteiger partial charge in [0.25, 0.3) is 5.56 Å². The predicted molar refractivity (Wildman–Crippen MR) is 75.6 cm³/mol. The first-order valence-electron chi connectivity index (χ1n) is 7.05. The molecule has 0 aliphatic carbocycles. The van der Waals surface area contributed by atoms with Gasteiger partial charge in [-0.15, -0.1) is 0 Å². The van der Waals surface area contributed by atoms with Crippen LogP contribution in [0.3, 0.4) is 0 Å². The van der Waals surface area contributed by atoms with Crippen molar-refractivity contribution in [2.45, 2.75) is 32.5 Å². The molecule has 0 bridgehead atoms. The SMILES string of the molecule is Cc1nc2cc3c(cc2c(=O)[nH]1)CN(C1CCOC1)C3. The van der Waals surface area contributed by atoms with Crippen molar-refractivity contribution in [3.8, 4) is 0 Å². The van der Waals surface area contributed by atoms with Crippen LogP contribution in [0.15, 0.2) is 16.9 Å². The molecule has 0 spiro atoms. The van der Waals surface area contributed by atoms with E-state index < -0.39 is 0 Å². The average molecular weight is 271 g/mol. The second-order valence-electron chi connectivity index (χ2n) is 5.71. The number of nitrogens with one attached hydrogen (secondary N) is 1. The molecule has 0 saturated carbocycles. The summed E-state index contributed by atoms with van der Waals surface area (Å²) >= 11 is 0. The molecule has 4 rings (SSSR count). The van der Waals surface area contributed by atoms with Gasteiger partial charge in [0, 0.05) is 25.7 Å². The number of hydrogen-bond acceptors (Lipinski definition) is 4. The van der Waals surface area contributed by atoms with Crippen LogP contribution < -0.4 is 5.56 Å². The minimum absolute atomic E-state index is 0.0436. The second kappa shape index (κ2) is 4.40. The third kappa shape index (κ3) is 1.85. The highest BCUT2D eigenvalue weighted by molar-refractivity contribution is 5.79. The standard InChI is InChI=1S/C15H17N3O2/c1-9-16-14-5-11-7-18(12-2-3-20-8-12)6-10(11)4-13(14)15(19)17-9/h4-5,12H,2-3,6-8H2,1H3,(H,16,17,19). The lowest BCUT2D eigenvalue weighted by molar-refractivity contribution is 0.143. The van der Waals surface area contributed by atoms with Gasteiger partial charge in [-0.3, -0.25) is 9.69 Å². The van der Waals surface area contributed by atoms with Gasteiger partial charge in [-0.1, -0.05) is 0 Å². The fourth-order valence-electron chi connectivity index (χ4n) is 3.25. The Kier molecular flexibility index (Phi) is 2.65. The molecule has 2 aliphatic heterocycles. The van der Waals surface area contributed by atoms with Crippen LogP contribution in [0, 0.1) is 6.92 Å². The van der Waals surface area contributed by atoms with E-state index in [9.17, 15) is 4.79 Å². The quantitative estimate of drug-likeness (QED) is 0.850. The van der Waals surface area contributed by atoms with Gasteiger partial charge >= 0.3 is 0 Å². The molecular weight excluding hydrogens is 254 g/mol. The van der Waals surface area contributed by atoms with Gasteiger partial charge in [0.1, 0.15) is 5.82 Å². The van der Waals surface area contributed by atoms with Crippen molar-refractivity contribution in [3.63, 3.8) is 0 Å². The van der Waals surface area contributed by atoms with Gasteiger partial charge in [0.15, 0.2) is 0 Å². The molecule has 3 heterocycles. The van der Waals surface area contributed by atoms with E-state index in [2.05, 4.69) is 20.9 Å². The molecule has 2 aliphatic rings. The van der Waals surface area contributed by atoms with Crippen LogP contribution >= 0.6 is 0 Å². The normalized spacial score (nSPS) is 22.6. The maximum Gasteiger partial charge on any atom is 0.258 e. The molecule has 1 unspecified atom stereocenters. The Morgan fingerprint density at radius 3 is 2.90 bits per heavy atom. The fourth-order valence-corrected chi connectivity index (χ4v) is 3.25. The summed E-state index contributed by atoms with van der Waals surface area (Å²) in [5.41, 5.74) is 3.30. The third-order valence-corrected chi connectivity index (χ3v) is 4.31. The zero-order chi connectivity index (χ0) is 13.7. The highest BCUT2D eigenvalue weighted by Gasteiger charge is 2.29. The summed E-state index contributed by atoms with van der Waals surface area (Å²) in [6.07, 6.45) is 1.10. The fraction of sp³-hybridized carbons (Fsp3) is 0.467. The largest absolute Gasteiger partial charge is 0.380 e. The molecule has 1 fully saturated rings. The van der Waals surface area contributed by atoms with Gasteiger partial charge < -0.3 is 9.72 Å². The molecule has 0 amide bonds. The number of fused-ring (bicyclic) bond motifs is 2. The summed E-state index contributed by atoms with van der Waals surface area (Å²) in [7, 11) is 0. The topological polar surface area (TPSA) is 58.2 Å². The van der Waals surface area contributed by atoms with Crippen LogP contribution in [0.4, 0.5) is 0 Å². The Morgan fingerprint density at radius 2 is 2.15 bits per heavy atom. The lowest BCUT2D eigenvalue weighted by Gasteiger charge is -2.21. The Morgan fingerprint density at radius 1 is 1.35 bits per heavy atom. The van der Waals surface area contributed by atoms with E-state index in [0.29, 0.717) is 17.3 Å². The van der Waals surface area contributed by atoms with E-state index in [1.54, 1.807) is 0 Å². The number of aromatic nitrogens is 2. The molecule has 2 aromatic rings. The average Bonchev–Trinajstić information content (AvgIpc) is 3.05. The van der Waals surface area contributed by atoms with Crippen molar-refractivity contribution in [2.75, 3.05) is 13.2 Å². The van der Waals surface area contributed by atoms with Crippen LogP contribution in [0.5, 0.6) is 0 Å². The van der Waals surface area contributed by atoms with Crippen molar-refractivity contribution in [1.82, 2.24) is 14.9 Å². The number of benzene rings is 1. The van der Waals surface area contributed by atoms with E-state index in [-0.39, 0.29) is 5.56 Å². The Bertz CT molecular complexity index is 732. The molecule has 1 saturated heterocycles. The predicted octanol–water partition coefficient (Wildman–Crippen LogP) is 1.34. The molecule has 20 heavy (non-hydrogen) atoms. The second-order valence-corrected chi connectivity index (χ2v) is 5.71. The molecule has 1 aromatic heterocycles. The minimum atomic E-state index is -0.0436. The molecule has 1 atom stereocenters. The number of ether oxygens (including phenoxy) is 1. The number of aromatic amines is 1. The molecule has 5 heteroatoms. The van der Waals surface area contributed by atoms with Crippen LogP contribution in [0.25, 0.3) is 10.9 Å². The summed E-state index contributed by atoms with van der Waals surface area (Å²) in [6.45, 7) is 5.35. The van der Waals surface area contributed by atoms with Crippen LogP contribution in [0.2, 0.25) is 0 Å². The zero-order valence-corrected chi connectivity index (χ0v) is 11.5. The van der Waals surface area contributed by atoms with Crippen LogP contribution in [0.1, 0.15) is 23.4 Å². The third-order valence-electron chi connectivity index (χ3n) is 4.31. The van der Waals surface area contributed by atoms with Gasteiger partial charge in [0.05, 0.1) is 17.5 Å². The summed E-state index contributed by atoms with van der Waals surface area (Å²) in [5.74, 6) is 0.668. The number of H-pyrrole nitrogens is 1. The van der Waals surface area contributed by atoms with E-state index in [1.165, 1.54) is 11.1 Å². The summed E-state index contributed by atoms with van der Waals surface area (Å²) in [4.78, 5) is 21.7. The number of aryl methyl sites for hydroxylation is 1. The summed E-state index contributed by atoms with van der Waals surface area (Å²) in [5, 5.41) is 0.693. The molecule has 1 N–H and O–H groups in total. The molecular formula is C15H17N3O2.